The first-order valence-corrected chi connectivity index (χ1v) is 18.0. The molecule has 0 aromatic heterocycles. The first-order chi connectivity index (χ1) is 29.1. The predicted molar refractivity (Wildman–Crippen MR) is 217 cm³/mol. The predicted octanol–water partition coefficient (Wildman–Crippen LogP) is 8.28. The van der Waals surface area contributed by atoms with Gasteiger partial charge in [-0.15, -0.1) is 0 Å². The number of methoxy groups -OCH3 is 6. The molecule has 0 aliphatic heterocycles. The van der Waals surface area contributed by atoms with Crippen molar-refractivity contribution in [1.29, 1.82) is 0 Å². The minimum Gasteiger partial charge on any atom is -0.496 e. The molecule has 0 amide bonds. The lowest BCUT2D eigenvalue weighted by molar-refractivity contribution is 0.0717. The van der Waals surface area contributed by atoms with E-state index in [9.17, 15) is 19.2 Å². The highest BCUT2D eigenvalue weighted by molar-refractivity contribution is 5.96. The van der Waals surface area contributed by atoms with E-state index in [0.29, 0.717) is 34.5 Å². The number of benzene rings is 6. The molecular formula is C46H38O14. The zero-order valence-corrected chi connectivity index (χ0v) is 33.3. The van der Waals surface area contributed by atoms with E-state index >= 15 is 0 Å². The number of rotatable bonds is 15. The standard InChI is InChI=1S/C46H38O14/c1-51-37-25-41(55-5)39(53-3)23-35(37)45(49)59-33-19-11-29(12-20-33)43(47)57-31-15-7-27(8-16-31)28-9-17-32(18-10-28)58-44(48)30-13-21-34(22-14-30)60-46(50)36-24-40(54-4)42(56-6)26-38(36)52-2/h7-26H,1-6H3. The number of esters is 4. The van der Waals surface area contributed by atoms with Crippen LogP contribution in [0.4, 0.5) is 0 Å². The van der Waals surface area contributed by atoms with Gasteiger partial charge < -0.3 is 47.4 Å². The summed E-state index contributed by atoms with van der Waals surface area (Å²) in [6.07, 6.45) is 0. The average Bonchev–Trinajstić information content (AvgIpc) is 3.28. The van der Waals surface area contributed by atoms with Crippen molar-refractivity contribution >= 4 is 23.9 Å². The third-order valence-electron chi connectivity index (χ3n) is 8.92. The van der Waals surface area contributed by atoms with Gasteiger partial charge in [0.25, 0.3) is 0 Å². The normalized spacial score (nSPS) is 10.4. The Hall–Kier alpha value is -8.00. The first kappa shape index (κ1) is 41.6. The zero-order chi connectivity index (χ0) is 42.8. The molecule has 0 fully saturated rings. The minimum atomic E-state index is -0.695. The number of ether oxygens (including phenoxy) is 10. The third-order valence-corrected chi connectivity index (χ3v) is 8.92. The van der Waals surface area contributed by atoms with Crippen LogP contribution in [0.15, 0.2) is 121 Å². The lowest BCUT2D eigenvalue weighted by Crippen LogP contribution is -2.12. The van der Waals surface area contributed by atoms with Crippen LogP contribution in [-0.2, 0) is 0 Å². The molecule has 0 bridgehead atoms. The molecule has 6 aromatic rings. The Bertz CT molecular complexity index is 2320. The highest BCUT2D eigenvalue weighted by Gasteiger charge is 2.22. The summed E-state index contributed by atoms with van der Waals surface area (Å²) < 4.78 is 53.8. The van der Waals surface area contributed by atoms with E-state index < -0.39 is 23.9 Å². The second kappa shape index (κ2) is 19.0. The lowest BCUT2D eigenvalue weighted by atomic mass is 10.1. The fourth-order valence-corrected chi connectivity index (χ4v) is 5.78. The summed E-state index contributed by atoms with van der Waals surface area (Å²) in [5.74, 6) is 0.308. The molecule has 0 aliphatic carbocycles. The van der Waals surface area contributed by atoms with E-state index in [4.69, 9.17) is 47.4 Å². The van der Waals surface area contributed by atoms with Gasteiger partial charge in [-0.25, -0.2) is 19.2 Å². The van der Waals surface area contributed by atoms with E-state index in [1.165, 1.54) is 115 Å². The van der Waals surface area contributed by atoms with Crippen LogP contribution < -0.4 is 47.4 Å². The largest absolute Gasteiger partial charge is 0.496 e. The molecule has 0 spiro atoms. The summed E-state index contributed by atoms with van der Waals surface area (Å²) in [6, 6.07) is 31.5. The van der Waals surface area contributed by atoms with Crippen molar-refractivity contribution in [2.24, 2.45) is 0 Å². The summed E-state index contributed by atoms with van der Waals surface area (Å²) in [4.78, 5) is 51.7. The topological polar surface area (TPSA) is 161 Å². The van der Waals surface area contributed by atoms with Crippen molar-refractivity contribution in [3.8, 4) is 68.6 Å². The molecule has 6 rings (SSSR count). The van der Waals surface area contributed by atoms with Crippen molar-refractivity contribution in [2.75, 3.05) is 42.7 Å². The van der Waals surface area contributed by atoms with Crippen LogP contribution in [0.25, 0.3) is 11.1 Å². The second-order valence-corrected chi connectivity index (χ2v) is 12.5. The molecule has 0 radical (unpaired) electrons. The van der Waals surface area contributed by atoms with Crippen LogP contribution in [0.5, 0.6) is 57.5 Å². The molecule has 306 valence electrons. The van der Waals surface area contributed by atoms with Gasteiger partial charge >= 0.3 is 23.9 Å². The van der Waals surface area contributed by atoms with E-state index in [2.05, 4.69) is 0 Å². The molecule has 60 heavy (non-hydrogen) atoms. The van der Waals surface area contributed by atoms with Crippen LogP contribution in [-0.4, -0.2) is 66.5 Å². The van der Waals surface area contributed by atoms with Crippen molar-refractivity contribution < 1.29 is 66.5 Å². The van der Waals surface area contributed by atoms with Gasteiger partial charge in [-0.2, -0.15) is 0 Å². The van der Waals surface area contributed by atoms with Crippen molar-refractivity contribution in [1.82, 2.24) is 0 Å². The maximum atomic E-state index is 12.9. The Kier molecular flexibility index (Phi) is 13.2. The van der Waals surface area contributed by atoms with Gasteiger partial charge in [-0.05, 0) is 83.9 Å². The number of hydrogen-bond donors (Lipinski definition) is 0. The average molecular weight is 815 g/mol. The molecule has 0 aliphatic rings. The molecule has 0 unspecified atom stereocenters. The van der Waals surface area contributed by atoms with Crippen LogP contribution in [0, 0.1) is 0 Å². The van der Waals surface area contributed by atoms with Crippen LogP contribution in [0.3, 0.4) is 0 Å². The molecule has 0 saturated carbocycles. The molecule has 14 nitrogen and oxygen atoms in total. The minimum absolute atomic E-state index is 0.124. The van der Waals surface area contributed by atoms with E-state index in [1.807, 2.05) is 0 Å². The molecule has 0 N–H and O–H groups in total. The Labute approximate surface area is 344 Å². The van der Waals surface area contributed by atoms with Gasteiger partial charge in [-0.3, -0.25) is 0 Å². The van der Waals surface area contributed by atoms with Gasteiger partial charge in [0.05, 0.1) is 53.8 Å². The summed E-state index contributed by atoms with van der Waals surface area (Å²) in [6.45, 7) is 0. The van der Waals surface area contributed by atoms with Crippen LogP contribution in [0.1, 0.15) is 41.4 Å². The van der Waals surface area contributed by atoms with Gasteiger partial charge in [0.1, 0.15) is 45.6 Å². The SMILES string of the molecule is COc1cc(OC)c(C(=O)Oc2ccc(C(=O)Oc3ccc(-c4ccc(OC(=O)c5ccc(OC(=O)c6cc(OC)c(OC)cc6OC)cc5)cc4)cc3)cc2)cc1OC. The van der Waals surface area contributed by atoms with E-state index in [1.54, 1.807) is 48.5 Å². The molecule has 0 atom stereocenters. The number of hydrogen-bond acceptors (Lipinski definition) is 14. The zero-order valence-electron chi connectivity index (χ0n) is 33.3. The quantitative estimate of drug-likeness (QED) is 0.0719. The van der Waals surface area contributed by atoms with E-state index in [0.717, 1.165) is 11.1 Å². The van der Waals surface area contributed by atoms with Gasteiger partial charge in [0.2, 0.25) is 0 Å². The third kappa shape index (κ3) is 9.57. The fraction of sp³-hybridized carbons (Fsp3) is 0.130. The van der Waals surface area contributed by atoms with Gasteiger partial charge in [0, 0.05) is 24.3 Å². The van der Waals surface area contributed by atoms with Crippen molar-refractivity contribution in [2.45, 2.75) is 0 Å². The van der Waals surface area contributed by atoms with Crippen LogP contribution in [0.2, 0.25) is 0 Å². The summed E-state index contributed by atoms with van der Waals surface area (Å²) in [5.41, 5.74) is 2.36. The second-order valence-electron chi connectivity index (χ2n) is 12.5. The maximum Gasteiger partial charge on any atom is 0.347 e. The maximum absolute atomic E-state index is 12.9. The fourth-order valence-electron chi connectivity index (χ4n) is 5.78. The summed E-state index contributed by atoms with van der Waals surface area (Å²) in [7, 11) is 8.67. The van der Waals surface area contributed by atoms with E-state index in [-0.39, 0.29) is 45.3 Å². The Morgan fingerprint density at radius 3 is 0.833 bits per heavy atom. The summed E-state index contributed by atoms with van der Waals surface area (Å²) in [5, 5.41) is 0. The van der Waals surface area contributed by atoms with Crippen molar-refractivity contribution in [3.63, 3.8) is 0 Å². The molecule has 0 saturated heterocycles. The molecule has 0 heterocycles. The molecular weight excluding hydrogens is 776 g/mol. The summed E-state index contributed by atoms with van der Waals surface area (Å²) >= 11 is 0. The highest BCUT2D eigenvalue weighted by atomic mass is 16.6. The lowest BCUT2D eigenvalue weighted by Gasteiger charge is -2.13. The van der Waals surface area contributed by atoms with Crippen molar-refractivity contribution in [3.05, 3.63) is 144 Å². The monoisotopic (exact) mass is 814 g/mol. The van der Waals surface area contributed by atoms with Gasteiger partial charge in [0.15, 0.2) is 23.0 Å². The first-order valence-electron chi connectivity index (χ1n) is 18.0. The Morgan fingerprint density at radius 2 is 0.550 bits per heavy atom. The molecule has 6 aromatic carbocycles. The highest BCUT2D eigenvalue weighted by Crippen LogP contribution is 2.37. The smallest absolute Gasteiger partial charge is 0.347 e. The van der Waals surface area contributed by atoms with Crippen LogP contribution >= 0.6 is 0 Å². The van der Waals surface area contributed by atoms with Gasteiger partial charge in [-0.1, -0.05) is 24.3 Å². The Balaban J connectivity index is 1.01. The molecule has 14 heteroatoms. The Morgan fingerprint density at radius 1 is 0.300 bits per heavy atom. The number of carbonyl (C=O) groups excluding carboxylic acids is 4. The number of carbonyl (C=O) groups is 4.